The molecule has 72 valence electrons. The summed E-state index contributed by atoms with van der Waals surface area (Å²) in [5, 5.41) is 13.1. The first-order valence-electron chi connectivity index (χ1n) is 3.96. The lowest BCUT2D eigenvalue weighted by Gasteiger charge is -1.96. The molecule has 4 nitrogen and oxygen atoms in total. The lowest BCUT2D eigenvalue weighted by Crippen LogP contribution is -1.84. The van der Waals surface area contributed by atoms with Crippen molar-refractivity contribution in [1.82, 2.24) is 4.57 Å². The van der Waals surface area contributed by atoms with E-state index >= 15 is 0 Å². The van der Waals surface area contributed by atoms with Crippen LogP contribution in [0.4, 0.5) is 5.69 Å². The van der Waals surface area contributed by atoms with Crippen molar-refractivity contribution >= 4 is 32.5 Å². The standard InChI is InChI=1S/C9H7BrN2O2/c1-12-6-4-2-3-5(10)7(6)8(11-14)9(12)13/h2-4,13H,1H3. The summed E-state index contributed by atoms with van der Waals surface area (Å²) in [6.45, 7) is 0. The molecule has 1 N–H and O–H groups in total. The third kappa shape index (κ3) is 1.05. The molecule has 1 heterocycles. The molecule has 0 amide bonds. The minimum Gasteiger partial charge on any atom is -0.493 e. The van der Waals surface area contributed by atoms with Crippen LogP contribution in [0.3, 0.4) is 0 Å². The van der Waals surface area contributed by atoms with Gasteiger partial charge in [-0.2, -0.15) is 0 Å². The van der Waals surface area contributed by atoms with Gasteiger partial charge in [-0.25, -0.2) is 0 Å². The molecule has 0 fully saturated rings. The fraction of sp³-hybridized carbons (Fsp3) is 0.111. The van der Waals surface area contributed by atoms with E-state index in [-0.39, 0.29) is 11.6 Å². The van der Waals surface area contributed by atoms with Gasteiger partial charge in [0, 0.05) is 16.9 Å². The zero-order valence-corrected chi connectivity index (χ0v) is 8.95. The number of nitroso groups, excluding NO2 is 1. The maximum absolute atomic E-state index is 10.6. The molecule has 0 saturated heterocycles. The molecular formula is C9H7BrN2O2. The molecule has 2 rings (SSSR count). The van der Waals surface area contributed by atoms with Crippen molar-refractivity contribution in [3.63, 3.8) is 0 Å². The number of aromatic hydroxyl groups is 1. The van der Waals surface area contributed by atoms with Crippen LogP contribution in [0.25, 0.3) is 10.9 Å². The Morgan fingerprint density at radius 2 is 2.21 bits per heavy atom. The van der Waals surface area contributed by atoms with E-state index in [9.17, 15) is 10.0 Å². The molecule has 0 atom stereocenters. The van der Waals surface area contributed by atoms with E-state index in [1.165, 1.54) is 4.57 Å². The highest BCUT2D eigenvalue weighted by Crippen LogP contribution is 2.41. The van der Waals surface area contributed by atoms with Gasteiger partial charge in [0.15, 0.2) is 5.69 Å². The normalized spacial score (nSPS) is 10.7. The van der Waals surface area contributed by atoms with Gasteiger partial charge in [-0.05, 0) is 17.3 Å². The van der Waals surface area contributed by atoms with Gasteiger partial charge in [0.2, 0.25) is 5.88 Å². The van der Waals surface area contributed by atoms with Gasteiger partial charge in [0.25, 0.3) is 0 Å². The van der Waals surface area contributed by atoms with E-state index in [1.807, 2.05) is 12.1 Å². The molecule has 2 aromatic rings. The highest BCUT2D eigenvalue weighted by atomic mass is 79.9. The second-order valence-corrected chi connectivity index (χ2v) is 3.81. The van der Waals surface area contributed by atoms with Crippen molar-refractivity contribution < 1.29 is 5.11 Å². The minimum absolute atomic E-state index is 0.0787. The summed E-state index contributed by atoms with van der Waals surface area (Å²) < 4.78 is 2.28. The number of fused-ring (bicyclic) bond motifs is 1. The van der Waals surface area contributed by atoms with Gasteiger partial charge < -0.3 is 9.67 Å². The Kier molecular flexibility index (Phi) is 2.03. The van der Waals surface area contributed by atoms with Crippen molar-refractivity contribution in [1.29, 1.82) is 0 Å². The van der Waals surface area contributed by atoms with Crippen LogP contribution < -0.4 is 0 Å². The Balaban J connectivity index is 3.03. The molecule has 0 spiro atoms. The van der Waals surface area contributed by atoms with Crippen LogP contribution in [0.2, 0.25) is 0 Å². The van der Waals surface area contributed by atoms with Crippen LogP contribution in [0.15, 0.2) is 27.8 Å². The van der Waals surface area contributed by atoms with E-state index in [0.29, 0.717) is 5.39 Å². The summed E-state index contributed by atoms with van der Waals surface area (Å²) in [7, 11) is 1.68. The smallest absolute Gasteiger partial charge is 0.222 e. The predicted molar refractivity (Wildman–Crippen MR) is 57.7 cm³/mol. The van der Waals surface area contributed by atoms with Crippen LogP contribution in [-0.2, 0) is 7.05 Å². The Labute approximate surface area is 88.3 Å². The van der Waals surface area contributed by atoms with Crippen molar-refractivity contribution in [3.8, 4) is 5.88 Å². The molecule has 0 unspecified atom stereocenters. The molecule has 0 radical (unpaired) electrons. The maximum atomic E-state index is 10.6. The van der Waals surface area contributed by atoms with Gasteiger partial charge in [-0.3, -0.25) is 0 Å². The van der Waals surface area contributed by atoms with Crippen LogP contribution in [0.1, 0.15) is 0 Å². The first kappa shape index (κ1) is 9.21. The monoisotopic (exact) mass is 254 g/mol. The van der Waals surface area contributed by atoms with Crippen molar-refractivity contribution in [2.45, 2.75) is 0 Å². The molecule has 14 heavy (non-hydrogen) atoms. The molecule has 0 bridgehead atoms. The summed E-state index contributed by atoms with van der Waals surface area (Å²) in [6.07, 6.45) is 0. The molecule has 0 aliphatic rings. The van der Waals surface area contributed by atoms with Gasteiger partial charge in [0.05, 0.1) is 5.52 Å². The summed E-state index contributed by atoms with van der Waals surface area (Å²) in [5.74, 6) is -0.109. The van der Waals surface area contributed by atoms with Gasteiger partial charge in [-0.1, -0.05) is 22.0 Å². The Hall–Kier alpha value is -1.36. The number of benzene rings is 1. The van der Waals surface area contributed by atoms with Crippen molar-refractivity contribution in [2.24, 2.45) is 12.2 Å². The number of hydrogen-bond acceptors (Lipinski definition) is 3. The topological polar surface area (TPSA) is 54.6 Å². The summed E-state index contributed by atoms with van der Waals surface area (Å²) >= 11 is 3.31. The summed E-state index contributed by atoms with van der Waals surface area (Å²) in [4.78, 5) is 10.6. The quantitative estimate of drug-likeness (QED) is 0.796. The average molecular weight is 255 g/mol. The third-order valence-electron chi connectivity index (χ3n) is 2.21. The van der Waals surface area contributed by atoms with Crippen molar-refractivity contribution in [2.75, 3.05) is 0 Å². The lowest BCUT2D eigenvalue weighted by molar-refractivity contribution is 0.437. The predicted octanol–water partition coefficient (Wildman–Crippen LogP) is 3.04. The first-order valence-corrected chi connectivity index (χ1v) is 4.75. The first-order chi connectivity index (χ1) is 6.66. The molecule has 0 saturated carbocycles. The second kappa shape index (κ2) is 3.09. The highest BCUT2D eigenvalue weighted by Gasteiger charge is 2.16. The van der Waals surface area contributed by atoms with Gasteiger partial charge in [0.1, 0.15) is 0 Å². The zero-order valence-electron chi connectivity index (χ0n) is 7.36. The SMILES string of the molecule is Cn1c(O)c(N=O)c2c(Br)cccc21. The largest absolute Gasteiger partial charge is 0.493 e. The number of aromatic nitrogens is 1. The van der Waals surface area contributed by atoms with Crippen LogP contribution >= 0.6 is 15.9 Å². The lowest BCUT2D eigenvalue weighted by atomic mass is 10.2. The number of rotatable bonds is 1. The molecule has 1 aromatic heterocycles. The summed E-state index contributed by atoms with van der Waals surface area (Å²) in [6, 6.07) is 5.45. The molecule has 1 aromatic carbocycles. The van der Waals surface area contributed by atoms with Crippen LogP contribution in [0, 0.1) is 4.91 Å². The van der Waals surface area contributed by atoms with E-state index in [2.05, 4.69) is 21.1 Å². The van der Waals surface area contributed by atoms with Crippen LogP contribution in [0.5, 0.6) is 5.88 Å². The summed E-state index contributed by atoms with van der Waals surface area (Å²) in [5.41, 5.74) is 0.849. The third-order valence-corrected chi connectivity index (χ3v) is 2.87. The molecule has 0 aliphatic carbocycles. The number of aryl methyl sites for hydroxylation is 1. The molecule has 0 aliphatic heterocycles. The van der Waals surface area contributed by atoms with E-state index in [4.69, 9.17) is 0 Å². The Bertz CT molecular complexity index is 519. The van der Waals surface area contributed by atoms with Gasteiger partial charge >= 0.3 is 0 Å². The van der Waals surface area contributed by atoms with Gasteiger partial charge in [-0.15, -0.1) is 4.91 Å². The minimum atomic E-state index is -0.109. The fourth-order valence-electron chi connectivity index (χ4n) is 1.50. The Morgan fingerprint density at radius 3 is 2.86 bits per heavy atom. The van der Waals surface area contributed by atoms with E-state index in [0.717, 1.165) is 9.99 Å². The number of hydrogen-bond donors (Lipinski definition) is 1. The zero-order chi connectivity index (χ0) is 10.3. The maximum Gasteiger partial charge on any atom is 0.222 e. The van der Waals surface area contributed by atoms with Crippen LogP contribution in [-0.4, -0.2) is 9.67 Å². The average Bonchev–Trinajstić information content (AvgIpc) is 2.43. The second-order valence-electron chi connectivity index (χ2n) is 2.96. The van der Waals surface area contributed by atoms with E-state index in [1.54, 1.807) is 13.1 Å². The molecule has 5 heteroatoms. The van der Waals surface area contributed by atoms with Crippen molar-refractivity contribution in [3.05, 3.63) is 27.6 Å². The highest BCUT2D eigenvalue weighted by molar-refractivity contribution is 9.10. The number of nitrogens with zero attached hydrogens (tertiary/aromatic N) is 2. The Morgan fingerprint density at radius 1 is 1.50 bits per heavy atom. The van der Waals surface area contributed by atoms with E-state index < -0.39 is 0 Å². The molecular weight excluding hydrogens is 248 g/mol. The number of halogens is 1. The fourth-order valence-corrected chi connectivity index (χ4v) is 2.04.